The van der Waals surface area contributed by atoms with Crippen LogP contribution in [0.15, 0.2) is 81.4 Å². The Bertz CT molecular complexity index is 1290. The van der Waals surface area contributed by atoms with Gasteiger partial charge in [0.25, 0.3) is 11.1 Å². The third-order valence-corrected chi connectivity index (χ3v) is 7.23. The Hall–Kier alpha value is -3.00. The van der Waals surface area contributed by atoms with E-state index >= 15 is 0 Å². The van der Waals surface area contributed by atoms with Gasteiger partial charge < -0.3 is 5.32 Å². The average Bonchev–Trinajstić information content (AvgIpc) is 3.06. The van der Waals surface area contributed by atoms with Gasteiger partial charge in [0.05, 0.1) is 4.91 Å². The number of halogens is 1. The third-order valence-electron chi connectivity index (χ3n) is 5.06. The Labute approximate surface area is 211 Å². The van der Waals surface area contributed by atoms with Crippen molar-refractivity contribution in [2.45, 2.75) is 23.6 Å². The van der Waals surface area contributed by atoms with Gasteiger partial charge in [0, 0.05) is 20.5 Å². The summed E-state index contributed by atoms with van der Waals surface area (Å²) in [6.07, 6.45) is 1.67. The molecule has 0 atom stereocenters. The molecule has 0 aromatic heterocycles. The van der Waals surface area contributed by atoms with Crippen LogP contribution < -0.4 is 5.32 Å². The van der Waals surface area contributed by atoms with Gasteiger partial charge in [0.2, 0.25) is 5.91 Å². The molecule has 0 bridgehead atoms. The van der Waals surface area contributed by atoms with E-state index in [2.05, 4.69) is 5.32 Å². The van der Waals surface area contributed by atoms with Gasteiger partial charge in [0.15, 0.2) is 0 Å². The molecule has 1 heterocycles. The van der Waals surface area contributed by atoms with Crippen molar-refractivity contribution in [1.29, 1.82) is 0 Å². The zero-order valence-corrected chi connectivity index (χ0v) is 20.9. The Morgan fingerprint density at radius 3 is 2.29 bits per heavy atom. The highest BCUT2D eigenvalue weighted by atomic mass is 35.5. The number of amides is 3. The van der Waals surface area contributed by atoms with Gasteiger partial charge in [0.1, 0.15) is 6.54 Å². The molecule has 5 nitrogen and oxygen atoms in total. The molecule has 1 saturated heterocycles. The lowest BCUT2D eigenvalue weighted by molar-refractivity contribution is -0.127. The van der Waals surface area contributed by atoms with Gasteiger partial charge in [-0.05, 0) is 85.3 Å². The maximum Gasteiger partial charge on any atom is 0.294 e. The number of aryl methyl sites for hydroxylation is 2. The van der Waals surface area contributed by atoms with Gasteiger partial charge in [-0.1, -0.05) is 53.2 Å². The van der Waals surface area contributed by atoms with Crippen molar-refractivity contribution in [1.82, 2.24) is 4.90 Å². The first kappa shape index (κ1) is 24.1. The van der Waals surface area contributed by atoms with Crippen LogP contribution in [0.4, 0.5) is 10.5 Å². The lowest BCUT2D eigenvalue weighted by atomic mass is 10.1. The molecule has 1 aliphatic rings. The summed E-state index contributed by atoms with van der Waals surface area (Å²) in [5.41, 5.74) is 3.46. The smallest absolute Gasteiger partial charge is 0.294 e. The lowest BCUT2D eigenvalue weighted by Crippen LogP contribution is -2.36. The van der Waals surface area contributed by atoms with E-state index in [-0.39, 0.29) is 6.54 Å². The minimum Gasteiger partial charge on any atom is -0.324 e. The fourth-order valence-corrected chi connectivity index (χ4v) is 5.13. The molecule has 0 unspecified atom stereocenters. The predicted octanol–water partition coefficient (Wildman–Crippen LogP) is 6.78. The van der Waals surface area contributed by atoms with Gasteiger partial charge in [-0.3, -0.25) is 19.3 Å². The van der Waals surface area contributed by atoms with Crippen molar-refractivity contribution in [3.63, 3.8) is 0 Å². The number of hydrogen-bond acceptors (Lipinski definition) is 5. The quantitative estimate of drug-likeness (QED) is 0.371. The molecule has 172 valence electrons. The largest absolute Gasteiger partial charge is 0.324 e. The summed E-state index contributed by atoms with van der Waals surface area (Å²) < 4.78 is 0. The number of rotatable bonds is 6. The fraction of sp³-hybridized carbons (Fsp3) is 0.115. The van der Waals surface area contributed by atoms with Crippen LogP contribution in [0.5, 0.6) is 0 Å². The number of nitrogens with zero attached hydrogens (tertiary/aromatic N) is 1. The summed E-state index contributed by atoms with van der Waals surface area (Å²) in [6.45, 7) is 3.54. The second kappa shape index (κ2) is 10.5. The van der Waals surface area contributed by atoms with Crippen molar-refractivity contribution >= 4 is 63.9 Å². The molecule has 0 radical (unpaired) electrons. The van der Waals surface area contributed by atoms with Crippen molar-refractivity contribution < 1.29 is 14.4 Å². The molecule has 4 rings (SSSR count). The van der Waals surface area contributed by atoms with Crippen molar-refractivity contribution in [2.75, 3.05) is 11.9 Å². The van der Waals surface area contributed by atoms with E-state index in [9.17, 15) is 14.4 Å². The molecule has 1 N–H and O–H groups in total. The Morgan fingerprint density at radius 1 is 1.00 bits per heavy atom. The van der Waals surface area contributed by atoms with Crippen molar-refractivity contribution in [3.8, 4) is 0 Å². The third kappa shape index (κ3) is 5.91. The number of thioether (sulfide) groups is 1. The normalized spacial score (nSPS) is 14.7. The average molecular weight is 509 g/mol. The number of imide groups is 1. The van der Waals surface area contributed by atoms with Crippen molar-refractivity contribution in [2.24, 2.45) is 0 Å². The second-order valence-corrected chi connectivity index (χ2v) is 10.3. The molecule has 3 amide bonds. The highest BCUT2D eigenvalue weighted by Gasteiger charge is 2.36. The van der Waals surface area contributed by atoms with Crippen LogP contribution in [-0.4, -0.2) is 28.5 Å². The standard InChI is InChI=1S/C26H21ClN2O3S2/c1-16-3-12-22(17(2)13-16)28-24(30)15-29-25(31)23(34-26(29)32)14-18-4-8-20(9-5-18)33-21-10-6-19(27)7-11-21/h3-14H,15H2,1-2H3,(H,28,30)/b23-14-. The molecule has 3 aromatic carbocycles. The monoisotopic (exact) mass is 508 g/mol. The Balaban J connectivity index is 1.40. The minimum atomic E-state index is -0.467. The van der Waals surface area contributed by atoms with Crippen LogP contribution in [0.3, 0.4) is 0 Å². The molecular formula is C26H21ClN2O3S2. The predicted molar refractivity (Wildman–Crippen MR) is 139 cm³/mol. The van der Waals surface area contributed by atoms with E-state index in [1.165, 1.54) is 0 Å². The van der Waals surface area contributed by atoms with E-state index < -0.39 is 17.1 Å². The maximum atomic E-state index is 12.8. The van der Waals surface area contributed by atoms with Gasteiger partial charge >= 0.3 is 0 Å². The molecule has 1 fully saturated rings. The number of carbonyl (C=O) groups excluding carboxylic acids is 3. The highest BCUT2D eigenvalue weighted by Crippen LogP contribution is 2.33. The number of carbonyl (C=O) groups is 3. The first-order valence-electron chi connectivity index (χ1n) is 10.4. The highest BCUT2D eigenvalue weighted by molar-refractivity contribution is 8.18. The maximum absolute atomic E-state index is 12.8. The molecule has 0 saturated carbocycles. The van der Waals surface area contributed by atoms with E-state index in [4.69, 9.17) is 11.6 Å². The van der Waals surface area contributed by atoms with E-state index in [0.717, 1.165) is 43.1 Å². The zero-order chi connectivity index (χ0) is 24.2. The zero-order valence-electron chi connectivity index (χ0n) is 18.5. The number of benzene rings is 3. The van der Waals surface area contributed by atoms with Crippen LogP contribution in [-0.2, 0) is 9.59 Å². The summed E-state index contributed by atoms with van der Waals surface area (Å²) >= 11 is 8.37. The summed E-state index contributed by atoms with van der Waals surface area (Å²) in [5.74, 6) is -0.885. The Morgan fingerprint density at radius 2 is 1.65 bits per heavy atom. The Kier molecular flexibility index (Phi) is 7.46. The van der Waals surface area contributed by atoms with Crippen molar-refractivity contribution in [3.05, 3.63) is 93.3 Å². The summed E-state index contributed by atoms with van der Waals surface area (Å²) in [7, 11) is 0. The molecule has 3 aromatic rings. The molecule has 8 heteroatoms. The molecular weight excluding hydrogens is 488 g/mol. The number of hydrogen-bond donors (Lipinski definition) is 1. The van der Waals surface area contributed by atoms with Crippen LogP contribution in [0, 0.1) is 13.8 Å². The second-order valence-electron chi connectivity index (χ2n) is 7.76. The topological polar surface area (TPSA) is 66.5 Å². The summed E-state index contributed by atoms with van der Waals surface area (Å²) in [5, 5.41) is 3.01. The van der Waals surface area contributed by atoms with E-state index in [1.54, 1.807) is 17.8 Å². The number of nitrogens with one attached hydrogen (secondary N) is 1. The molecule has 0 spiro atoms. The first-order valence-corrected chi connectivity index (χ1v) is 12.5. The van der Waals surface area contributed by atoms with Crippen LogP contribution >= 0.6 is 35.1 Å². The summed E-state index contributed by atoms with van der Waals surface area (Å²) in [4.78, 5) is 41.0. The van der Waals surface area contributed by atoms with Gasteiger partial charge in [-0.15, -0.1) is 0 Å². The van der Waals surface area contributed by atoms with E-state index in [1.807, 2.05) is 80.6 Å². The SMILES string of the molecule is Cc1ccc(NC(=O)CN2C(=O)S/C(=C\c3ccc(Sc4ccc(Cl)cc4)cc3)C2=O)c(C)c1. The van der Waals surface area contributed by atoms with Gasteiger partial charge in [-0.25, -0.2) is 0 Å². The lowest BCUT2D eigenvalue weighted by Gasteiger charge is -2.14. The molecule has 1 aliphatic heterocycles. The molecule has 34 heavy (non-hydrogen) atoms. The van der Waals surface area contributed by atoms with Crippen LogP contribution in [0.25, 0.3) is 6.08 Å². The first-order chi connectivity index (χ1) is 16.3. The fourth-order valence-electron chi connectivity index (χ4n) is 3.35. The molecule has 0 aliphatic carbocycles. The summed E-state index contributed by atoms with van der Waals surface area (Å²) in [6, 6.07) is 20.9. The van der Waals surface area contributed by atoms with Crippen LogP contribution in [0.1, 0.15) is 16.7 Å². The number of anilines is 1. The van der Waals surface area contributed by atoms with E-state index in [0.29, 0.717) is 15.6 Å². The van der Waals surface area contributed by atoms with Crippen LogP contribution in [0.2, 0.25) is 5.02 Å². The van der Waals surface area contributed by atoms with Gasteiger partial charge in [-0.2, -0.15) is 0 Å². The minimum absolute atomic E-state index is 0.294.